The Morgan fingerprint density at radius 1 is 1.56 bits per heavy atom. The van der Waals surface area contributed by atoms with Gasteiger partial charge >= 0.3 is 0 Å². The summed E-state index contributed by atoms with van der Waals surface area (Å²) < 4.78 is 0. The molecule has 6 heteroatoms. The number of nitrogens with zero attached hydrogens (tertiary/aromatic N) is 1. The topological polar surface area (TPSA) is 98.3 Å². The van der Waals surface area contributed by atoms with Crippen molar-refractivity contribution in [3.8, 4) is 0 Å². The summed E-state index contributed by atoms with van der Waals surface area (Å²) in [7, 11) is 0. The first-order valence-electron chi connectivity index (χ1n) is 5.80. The lowest BCUT2D eigenvalue weighted by Gasteiger charge is -2.13. The molecule has 0 heterocycles. The second-order valence-electron chi connectivity index (χ2n) is 4.19. The number of hydrogen-bond donors (Lipinski definition) is 2. The smallest absolute Gasteiger partial charge is 0.270 e. The van der Waals surface area contributed by atoms with Crippen molar-refractivity contribution in [1.82, 2.24) is 5.32 Å². The molecule has 6 nitrogen and oxygen atoms in total. The number of nitrogens with one attached hydrogen (secondary N) is 1. The average Bonchev–Trinajstić information content (AvgIpc) is 2.29. The number of nitrogen functional groups attached to an aromatic ring is 1. The Morgan fingerprint density at radius 2 is 2.22 bits per heavy atom. The molecular weight excluding hydrogens is 234 g/mol. The molecule has 1 unspecified atom stereocenters. The number of amides is 1. The fourth-order valence-electron chi connectivity index (χ4n) is 1.66. The van der Waals surface area contributed by atoms with E-state index in [-0.39, 0.29) is 28.9 Å². The number of carbonyl (C=O) groups excluding carboxylic acids is 1. The first kappa shape index (κ1) is 14.0. The van der Waals surface area contributed by atoms with E-state index in [1.807, 2.05) is 13.8 Å². The summed E-state index contributed by atoms with van der Waals surface area (Å²) in [6.45, 7) is 3.90. The summed E-state index contributed by atoms with van der Waals surface area (Å²) in [6, 6.07) is 3.86. The van der Waals surface area contributed by atoms with Crippen LogP contribution in [0.25, 0.3) is 0 Å². The summed E-state index contributed by atoms with van der Waals surface area (Å²) in [5.74, 6) is -0.378. The third-order valence-electron chi connectivity index (χ3n) is 2.59. The molecule has 0 aliphatic heterocycles. The number of nitro benzene ring substituents is 1. The van der Waals surface area contributed by atoms with Crippen LogP contribution in [0.1, 0.15) is 37.0 Å². The maximum absolute atomic E-state index is 11.9. The van der Waals surface area contributed by atoms with Crippen LogP contribution >= 0.6 is 0 Å². The zero-order valence-corrected chi connectivity index (χ0v) is 10.5. The lowest BCUT2D eigenvalue weighted by molar-refractivity contribution is -0.384. The molecule has 1 atom stereocenters. The predicted molar refractivity (Wildman–Crippen MR) is 69.3 cm³/mol. The highest BCUT2D eigenvalue weighted by molar-refractivity contribution is 5.99. The number of rotatable bonds is 5. The molecule has 0 radical (unpaired) electrons. The van der Waals surface area contributed by atoms with Gasteiger partial charge in [-0.15, -0.1) is 0 Å². The van der Waals surface area contributed by atoms with Crippen molar-refractivity contribution in [2.24, 2.45) is 0 Å². The number of non-ortho nitro benzene ring substituents is 1. The van der Waals surface area contributed by atoms with Gasteiger partial charge in [-0.3, -0.25) is 14.9 Å². The quantitative estimate of drug-likeness (QED) is 0.475. The molecule has 3 N–H and O–H groups in total. The van der Waals surface area contributed by atoms with Gasteiger partial charge in [0, 0.05) is 23.9 Å². The zero-order valence-electron chi connectivity index (χ0n) is 10.5. The number of hydrogen-bond acceptors (Lipinski definition) is 4. The fourth-order valence-corrected chi connectivity index (χ4v) is 1.66. The monoisotopic (exact) mass is 251 g/mol. The number of nitro groups is 1. The van der Waals surface area contributed by atoms with Crippen LogP contribution in [0.3, 0.4) is 0 Å². The first-order chi connectivity index (χ1) is 8.45. The molecule has 0 fully saturated rings. The Kier molecular flexibility index (Phi) is 4.65. The third-order valence-corrected chi connectivity index (χ3v) is 2.59. The van der Waals surface area contributed by atoms with Crippen molar-refractivity contribution in [2.75, 3.05) is 5.73 Å². The van der Waals surface area contributed by atoms with Crippen molar-refractivity contribution >= 4 is 17.3 Å². The lowest BCUT2D eigenvalue weighted by atomic mass is 10.1. The van der Waals surface area contributed by atoms with Crippen molar-refractivity contribution < 1.29 is 9.72 Å². The van der Waals surface area contributed by atoms with Gasteiger partial charge in [0.2, 0.25) is 0 Å². The van der Waals surface area contributed by atoms with Crippen LogP contribution < -0.4 is 11.1 Å². The van der Waals surface area contributed by atoms with E-state index < -0.39 is 4.92 Å². The summed E-state index contributed by atoms with van der Waals surface area (Å²) >= 11 is 0. The molecule has 0 saturated heterocycles. The normalized spacial score (nSPS) is 11.9. The van der Waals surface area contributed by atoms with Gasteiger partial charge in [0.15, 0.2) is 0 Å². The Bertz CT molecular complexity index is 460. The number of nitrogens with two attached hydrogens (primary N) is 1. The maximum Gasteiger partial charge on any atom is 0.270 e. The minimum Gasteiger partial charge on any atom is -0.398 e. The lowest BCUT2D eigenvalue weighted by Crippen LogP contribution is -2.32. The van der Waals surface area contributed by atoms with Crippen LogP contribution in [0.4, 0.5) is 11.4 Å². The molecule has 0 aliphatic rings. The van der Waals surface area contributed by atoms with E-state index in [1.54, 1.807) is 0 Å². The van der Waals surface area contributed by atoms with E-state index in [0.717, 1.165) is 12.8 Å². The van der Waals surface area contributed by atoms with Gasteiger partial charge in [-0.25, -0.2) is 0 Å². The van der Waals surface area contributed by atoms with Gasteiger partial charge in [-0.05, 0) is 19.4 Å². The molecule has 0 spiro atoms. The van der Waals surface area contributed by atoms with E-state index in [0.29, 0.717) is 0 Å². The van der Waals surface area contributed by atoms with Crippen molar-refractivity contribution in [3.63, 3.8) is 0 Å². The molecule has 1 aromatic carbocycles. The average molecular weight is 251 g/mol. The highest BCUT2D eigenvalue weighted by Crippen LogP contribution is 2.19. The van der Waals surface area contributed by atoms with Crippen molar-refractivity contribution in [1.29, 1.82) is 0 Å². The molecule has 1 aromatic rings. The standard InChI is InChI=1S/C12H17N3O3/c1-3-4-8(2)14-12(16)10-7-9(15(17)18)5-6-11(10)13/h5-8H,3-4,13H2,1-2H3,(H,14,16). The van der Waals surface area contributed by atoms with Gasteiger partial charge in [0.25, 0.3) is 11.6 Å². The molecule has 0 aromatic heterocycles. The molecule has 98 valence electrons. The molecule has 18 heavy (non-hydrogen) atoms. The summed E-state index contributed by atoms with van der Waals surface area (Å²) in [4.78, 5) is 22.0. The van der Waals surface area contributed by atoms with Gasteiger partial charge in [0.05, 0.1) is 10.5 Å². The largest absolute Gasteiger partial charge is 0.398 e. The molecule has 0 saturated carbocycles. The fraction of sp³-hybridized carbons (Fsp3) is 0.417. The predicted octanol–water partition coefficient (Wildman–Crippen LogP) is 2.10. The Hall–Kier alpha value is -2.11. The summed E-state index contributed by atoms with van der Waals surface area (Å²) in [6.07, 6.45) is 1.80. The maximum atomic E-state index is 11.9. The Balaban J connectivity index is 2.91. The van der Waals surface area contributed by atoms with E-state index in [1.165, 1.54) is 18.2 Å². The van der Waals surface area contributed by atoms with E-state index in [9.17, 15) is 14.9 Å². The van der Waals surface area contributed by atoms with Crippen molar-refractivity contribution in [3.05, 3.63) is 33.9 Å². The van der Waals surface area contributed by atoms with Gasteiger partial charge in [-0.1, -0.05) is 13.3 Å². The minimum absolute atomic E-state index is 0.0150. The number of anilines is 1. The van der Waals surface area contributed by atoms with Gasteiger partial charge < -0.3 is 11.1 Å². The van der Waals surface area contributed by atoms with Crippen LogP contribution in [0.5, 0.6) is 0 Å². The second kappa shape index (κ2) is 6.00. The highest BCUT2D eigenvalue weighted by Gasteiger charge is 2.16. The van der Waals surface area contributed by atoms with Crippen molar-refractivity contribution in [2.45, 2.75) is 32.7 Å². The van der Waals surface area contributed by atoms with Crippen LogP contribution in [0.15, 0.2) is 18.2 Å². The number of carbonyl (C=O) groups is 1. The molecule has 0 bridgehead atoms. The van der Waals surface area contributed by atoms with E-state index >= 15 is 0 Å². The van der Waals surface area contributed by atoms with Crippen LogP contribution in [-0.2, 0) is 0 Å². The van der Waals surface area contributed by atoms with Gasteiger partial charge in [0.1, 0.15) is 0 Å². The SMILES string of the molecule is CCCC(C)NC(=O)c1cc([N+](=O)[O-])ccc1N. The molecule has 1 amide bonds. The first-order valence-corrected chi connectivity index (χ1v) is 5.80. The summed E-state index contributed by atoms with van der Waals surface area (Å²) in [5, 5.41) is 13.4. The zero-order chi connectivity index (χ0) is 13.7. The van der Waals surface area contributed by atoms with Crippen LogP contribution in [-0.4, -0.2) is 16.9 Å². The summed E-state index contributed by atoms with van der Waals surface area (Å²) in [5.41, 5.74) is 5.90. The van der Waals surface area contributed by atoms with Crippen LogP contribution in [0, 0.1) is 10.1 Å². The molecule has 0 aliphatic carbocycles. The third kappa shape index (κ3) is 3.44. The van der Waals surface area contributed by atoms with Gasteiger partial charge in [-0.2, -0.15) is 0 Å². The van der Waals surface area contributed by atoms with E-state index in [2.05, 4.69) is 5.32 Å². The van der Waals surface area contributed by atoms with E-state index in [4.69, 9.17) is 5.73 Å². The second-order valence-corrected chi connectivity index (χ2v) is 4.19. The molecular formula is C12H17N3O3. The Labute approximate surface area is 105 Å². The van der Waals surface area contributed by atoms with Crippen LogP contribution in [0.2, 0.25) is 0 Å². The molecule has 1 rings (SSSR count). The minimum atomic E-state index is -0.550. The number of benzene rings is 1. The Morgan fingerprint density at radius 3 is 2.78 bits per heavy atom. The highest BCUT2D eigenvalue weighted by atomic mass is 16.6.